The number of carbonyl (C=O) groups is 3. The highest BCUT2D eigenvalue weighted by Gasteiger charge is 2.49. The fourth-order valence-corrected chi connectivity index (χ4v) is 11.4. The second kappa shape index (κ2) is 21.4. The molecule has 0 bridgehead atoms. The number of nitrogen functional groups attached to an aromatic ring is 1. The van der Waals surface area contributed by atoms with Crippen molar-refractivity contribution in [2.75, 3.05) is 71.1 Å². The molecule has 8 rings (SSSR count). The third kappa shape index (κ3) is 11.3. The number of anilines is 2. The number of aliphatic hydroxyl groups is 1. The Labute approximate surface area is 420 Å². The average Bonchev–Trinajstić information content (AvgIpc) is 3.91. The van der Waals surface area contributed by atoms with Crippen molar-refractivity contribution < 1.29 is 61.6 Å². The SMILES string of the molecule is CC[N+]1=c2cc3c(cc2CCC1)=C(c1ccccc1C(=O)N(C)CCCC(=O)NCCNC(=O)O[C@H]1[C@@H](O)[C@H](n2cnc4c(N)ncnc42)O[C@@H]1COP(=O)(O)OP(=O)(O)O)c1ccc(N(C)C)cc1C3(C)C. The third-order valence-electron chi connectivity index (χ3n) is 13.4. The first-order chi connectivity index (χ1) is 34.6. The molecule has 4 heterocycles. The Morgan fingerprint density at radius 1 is 0.986 bits per heavy atom. The summed E-state index contributed by atoms with van der Waals surface area (Å²) >= 11 is 0. The molecule has 3 amide bonds. The zero-order valence-electron chi connectivity index (χ0n) is 41.3. The molecule has 73 heavy (non-hydrogen) atoms. The van der Waals surface area contributed by atoms with E-state index in [0.717, 1.165) is 59.9 Å². The van der Waals surface area contributed by atoms with Gasteiger partial charge in [-0.1, -0.05) is 38.1 Å². The maximum atomic E-state index is 14.4. The molecule has 2 aliphatic heterocycles. The number of rotatable bonds is 18. The van der Waals surface area contributed by atoms with Crippen molar-refractivity contribution in [3.05, 3.63) is 111 Å². The number of nitrogens with one attached hydrogen (secondary N) is 2. The molecular formula is C48H61N10O13P2+. The Morgan fingerprint density at radius 2 is 1.74 bits per heavy atom. The van der Waals surface area contributed by atoms with Gasteiger partial charge in [0, 0.05) is 81.9 Å². The lowest BCUT2D eigenvalue weighted by Crippen LogP contribution is -2.43. The molecule has 390 valence electrons. The number of imidazole rings is 1. The molecule has 1 unspecified atom stereocenters. The molecule has 1 fully saturated rings. The van der Waals surface area contributed by atoms with Crippen LogP contribution in [0.1, 0.15) is 84.4 Å². The molecule has 1 saturated heterocycles. The summed E-state index contributed by atoms with van der Waals surface area (Å²) in [6.45, 7) is 7.85. The third-order valence-corrected chi connectivity index (χ3v) is 15.6. The molecule has 25 heteroatoms. The van der Waals surface area contributed by atoms with E-state index in [1.165, 1.54) is 32.9 Å². The molecule has 5 atom stereocenters. The lowest BCUT2D eigenvalue weighted by atomic mass is 9.68. The Hall–Kier alpha value is -6.13. The van der Waals surface area contributed by atoms with Crippen LogP contribution in [0, 0.1) is 0 Å². The summed E-state index contributed by atoms with van der Waals surface area (Å²) < 4.78 is 47.0. The standard InChI is InChI=1S/C48H60N10O13P2/c1-7-57-21-10-12-28-22-33-35(24-36(28)57)48(2,3)34-23-29(55(4)5)16-17-32(34)39(33)30-13-8-9-14-31(30)45(61)56(6)20-11-15-38(59)50-18-19-51-47(62)70-42-37(25-68-73(66,67)71-72(63,64)65)69-46(41(42)60)58-27-54-40-43(49)52-26-53-44(40)58/h8-9,13-14,16-17,22-24,26-27,37,41-42,46,60H,7,10-12,15,18-21,25H2,1-6H3,(H6-,49,50,51,52,53,59,62,63,64,65,66,67)/p+1/t37-,41-,42-,46-/m1/s1. The maximum Gasteiger partial charge on any atom is 0.481 e. The van der Waals surface area contributed by atoms with Gasteiger partial charge in [-0.15, -0.1) is 0 Å². The fraction of sp³-hybridized carbons (Fsp3) is 0.438. The zero-order chi connectivity index (χ0) is 52.6. The van der Waals surface area contributed by atoms with Crippen LogP contribution in [0.15, 0.2) is 67.3 Å². The molecule has 23 nitrogen and oxygen atoms in total. The van der Waals surface area contributed by atoms with Crippen LogP contribution in [-0.2, 0) is 44.1 Å². The van der Waals surface area contributed by atoms with E-state index in [0.29, 0.717) is 12.0 Å². The summed E-state index contributed by atoms with van der Waals surface area (Å²) in [7, 11) is -5.07. The molecule has 3 aliphatic rings. The molecule has 2 aromatic heterocycles. The minimum absolute atomic E-state index is 0.0165. The van der Waals surface area contributed by atoms with Gasteiger partial charge in [0.2, 0.25) is 11.3 Å². The van der Waals surface area contributed by atoms with E-state index in [1.807, 2.05) is 38.4 Å². The van der Waals surface area contributed by atoms with Crippen molar-refractivity contribution in [1.82, 2.24) is 39.6 Å². The first-order valence-electron chi connectivity index (χ1n) is 23.8. The van der Waals surface area contributed by atoms with Gasteiger partial charge in [0.15, 0.2) is 23.8 Å². The first kappa shape index (κ1) is 53.2. The van der Waals surface area contributed by atoms with Gasteiger partial charge < -0.3 is 55.4 Å². The van der Waals surface area contributed by atoms with Crippen LogP contribution in [-0.4, -0.2) is 141 Å². The number of amides is 3. The van der Waals surface area contributed by atoms with Crippen LogP contribution in [0.4, 0.5) is 16.3 Å². The molecule has 0 radical (unpaired) electrons. The molecule has 8 N–H and O–H groups in total. The van der Waals surface area contributed by atoms with Gasteiger partial charge in [-0.25, -0.2) is 33.5 Å². The Morgan fingerprint density at radius 3 is 2.48 bits per heavy atom. The lowest BCUT2D eigenvalue weighted by molar-refractivity contribution is -0.121. The quantitative estimate of drug-likeness (QED) is 0.0375. The Balaban J connectivity index is 0.897. The number of carbonyl (C=O) groups excluding carboxylic acids is 3. The molecule has 5 aromatic rings. The summed E-state index contributed by atoms with van der Waals surface area (Å²) in [4.78, 5) is 84.1. The van der Waals surface area contributed by atoms with Crippen LogP contribution in [0.25, 0.3) is 16.7 Å². The number of fused-ring (bicyclic) bond motifs is 4. The number of hydrogen-bond acceptors (Lipinski definition) is 15. The van der Waals surface area contributed by atoms with Crippen LogP contribution >= 0.6 is 15.6 Å². The lowest BCUT2D eigenvalue weighted by Gasteiger charge is -2.36. The zero-order valence-corrected chi connectivity index (χ0v) is 43.1. The largest absolute Gasteiger partial charge is 0.481 e. The van der Waals surface area contributed by atoms with E-state index in [-0.39, 0.29) is 60.3 Å². The number of aryl methyl sites for hydroxylation is 1. The van der Waals surface area contributed by atoms with Gasteiger partial charge in [0.1, 0.15) is 37.1 Å². The van der Waals surface area contributed by atoms with Crippen molar-refractivity contribution >= 4 is 61.8 Å². The summed E-state index contributed by atoms with van der Waals surface area (Å²) in [5, 5.41) is 18.9. The fourth-order valence-electron chi connectivity index (χ4n) is 9.79. The number of nitrogens with zero attached hydrogens (tertiary/aromatic N) is 7. The Kier molecular flexibility index (Phi) is 15.6. The monoisotopic (exact) mass is 1050 g/mol. The van der Waals surface area contributed by atoms with Gasteiger partial charge >= 0.3 is 21.7 Å². The number of benzene rings is 3. The normalized spacial score (nSPS) is 19.9. The van der Waals surface area contributed by atoms with Crippen molar-refractivity contribution in [3.8, 4) is 0 Å². The Bertz CT molecular complexity index is 3180. The summed E-state index contributed by atoms with van der Waals surface area (Å²) in [5.74, 6) is -0.508. The number of hydrogen-bond donors (Lipinski definition) is 7. The van der Waals surface area contributed by atoms with E-state index >= 15 is 0 Å². The van der Waals surface area contributed by atoms with Crippen LogP contribution in [0.2, 0.25) is 0 Å². The highest BCUT2D eigenvalue weighted by Crippen LogP contribution is 2.58. The number of phosphoric acid groups is 2. The minimum Gasteiger partial charge on any atom is -0.440 e. The van der Waals surface area contributed by atoms with Gasteiger partial charge in [0.25, 0.3) is 5.91 Å². The van der Waals surface area contributed by atoms with E-state index in [1.54, 1.807) is 11.9 Å². The van der Waals surface area contributed by atoms with Gasteiger partial charge in [-0.3, -0.25) is 18.7 Å². The van der Waals surface area contributed by atoms with E-state index in [2.05, 4.69) is 90.5 Å². The highest BCUT2D eigenvalue weighted by atomic mass is 31.3. The minimum atomic E-state index is -5.48. The predicted molar refractivity (Wildman–Crippen MR) is 268 cm³/mol. The number of phosphoric ester groups is 1. The van der Waals surface area contributed by atoms with Crippen LogP contribution < -0.4 is 36.4 Å². The van der Waals surface area contributed by atoms with E-state index in [9.17, 15) is 33.5 Å². The van der Waals surface area contributed by atoms with E-state index < -0.39 is 52.9 Å². The van der Waals surface area contributed by atoms with Gasteiger partial charge in [0.05, 0.1) is 12.9 Å². The number of alkyl carbamates (subject to hydrolysis) is 1. The van der Waals surface area contributed by atoms with Crippen LogP contribution in [0.3, 0.4) is 0 Å². The average molecular weight is 1050 g/mol. The number of nitrogens with two attached hydrogens (primary N) is 1. The smallest absolute Gasteiger partial charge is 0.440 e. The molecule has 0 spiro atoms. The number of aromatic nitrogens is 4. The molecular weight excluding hydrogens is 987 g/mol. The van der Waals surface area contributed by atoms with Crippen molar-refractivity contribution in [1.29, 1.82) is 0 Å². The summed E-state index contributed by atoms with van der Waals surface area (Å²) in [6, 6.07) is 19.0. The molecule has 1 aliphatic carbocycles. The molecule has 3 aromatic carbocycles. The second-order valence-electron chi connectivity index (χ2n) is 18.8. The topological polar surface area (TPSA) is 306 Å². The van der Waals surface area contributed by atoms with Crippen molar-refractivity contribution in [2.24, 2.45) is 0 Å². The van der Waals surface area contributed by atoms with Gasteiger partial charge in [-0.05, 0) is 77.1 Å². The maximum absolute atomic E-state index is 14.4. The van der Waals surface area contributed by atoms with Crippen LogP contribution in [0.5, 0.6) is 0 Å². The summed E-state index contributed by atoms with van der Waals surface area (Å²) in [5.41, 5.74) is 14.1. The highest BCUT2D eigenvalue weighted by molar-refractivity contribution is 7.60. The number of aliphatic hydroxyl groups excluding tert-OH is 1. The van der Waals surface area contributed by atoms with Gasteiger partial charge in [-0.2, -0.15) is 4.31 Å². The number of ether oxygens (including phenoxy) is 2. The predicted octanol–water partition coefficient (Wildman–Crippen LogP) is 2.07. The van der Waals surface area contributed by atoms with Crippen molar-refractivity contribution in [2.45, 2.75) is 76.4 Å². The second-order valence-corrected chi connectivity index (χ2v) is 21.7. The summed E-state index contributed by atoms with van der Waals surface area (Å²) in [6.07, 6.45) is -2.47. The first-order valence-corrected chi connectivity index (χ1v) is 26.8. The molecule has 0 saturated carbocycles. The van der Waals surface area contributed by atoms with Crippen molar-refractivity contribution in [3.63, 3.8) is 0 Å². The van der Waals surface area contributed by atoms with E-state index in [4.69, 9.17) is 29.5 Å².